The predicted octanol–water partition coefficient (Wildman–Crippen LogP) is 3.70. The van der Waals surface area contributed by atoms with Crippen molar-refractivity contribution in [3.8, 4) is 5.88 Å². The van der Waals surface area contributed by atoms with Gasteiger partial charge in [-0.05, 0) is 12.0 Å². The minimum absolute atomic E-state index is 0.0190. The average Bonchev–Trinajstić information content (AvgIpc) is 2.29. The second-order valence-electron chi connectivity index (χ2n) is 2.71. The Labute approximate surface area is 93.5 Å². The molecule has 0 aromatic carbocycles. The maximum Gasteiger partial charge on any atom is 0.433 e. The van der Waals surface area contributed by atoms with Gasteiger partial charge < -0.3 is 4.74 Å². The van der Waals surface area contributed by atoms with Crippen molar-refractivity contribution in [1.29, 1.82) is 0 Å². The SMILES string of the molecule is CC.CCc1ccc(OC)nc1C(F)(F)F. The van der Waals surface area contributed by atoms with E-state index in [1.165, 1.54) is 19.2 Å². The molecule has 0 saturated carbocycles. The molecule has 0 aliphatic rings. The molecule has 0 aliphatic carbocycles. The summed E-state index contributed by atoms with van der Waals surface area (Å²) in [5.41, 5.74) is -0.683. The van der Waals surface area contributed by atoms with Crippen molar-refractivity contribution in [2.45, 2.75) is 33.4 Å². The highest BCUT2D eigenvalue weighted by Crippen LogP contribution is 2.31. The van der Waals surface area contributed by atoms with Crippen molar-refractivity contribution in [3.05, 3.63) is 23.4 Å². The lowest BCUT2D eigenvalue weighted by atomic mass is 10.1. The van der Waals surface area contributed by atoms with Crippen molar-refractivity contribution < 1.29 is 17.9 Å². The standard InChI is InChI=1S/C9H10F3NO.C2H6/c1-3-6-4-5-7(14-2)13-8(6)9(10,11)12;1-2/h4-5H,3H2,1-2H3;1-2H3. The molecule has 1 heterocycles. The van der Waals surface area contributed by atoms with Gasteiger partial charge >= 0.3 is 6.18 Å². The van der Waals surface area contributed by atoms with Gasteiger partial charge in [0.05, 0.1) is 7.11 Å². The van der Waals surface area contributed by atoms with Gasteiger partial charge in [0.2, 0.25) is 5.88 Å². The molecule has 0 bridgehead atoms. The van der Waals surface area contributed by atoms with Gasteiger partial charge in [0.25, 0.3) is 0 Å². The average molecular weight is 235 g/mol. The number of ether oxygens (including phenoxy) is 1. The summed E-state index contributed by atoms with van der Waals surface area (Å²) in [6, 6.07) is 2.81. The van der Waals surface area contributed by atoms with Crippen LogP contribution in [0.25, 0.3) is 0 Å². The van der Waals surface area contributed by atoms with Crippen LogP contribution in [-0.2, 0) is 12.6 Å². The van der Waals surface area contributed by atoms with E-state index < -0.39 is 11.9 Å². The van der Waals surface area contributed by atoms with Crippen molar-refractivity contribution in [1.82, 2.24) is 4.98 Å². The minimum Gasteiger partial charge on any atom is -0.481 e. The number of hydrogen-bond donors (Lipinski definition) is 0. The first kappa shape index (κ1) is 14.7. The number of halogens is 3. The van der Waals surface area contributed by atoms with Crippen LogP contribution in [0.15, 0.2) is 12.1 Å². The summed E-state index contributed by atoms with van der Waals surface area (Å²) in [6.07, 6.45) is -4.12. The molecule has 0 amide bonds. The van der Waals surface area contributed by atoms with Gasteiger partial charge in [0, 0.05) is 6.07 Å². The van der Waals surface area contributed by atoms with Crippen molar-refractivity contribution in [3.63, 3.8) is 0 Å². The summed E-state index contributed by atoms with van der Waals surface area (Å²) < 4.78 is 41.9. The zero-order chi connectivity index (χ0) is 12.8. The molecule has 0 fully saturated rings. The number of aryl methyl sites for hydroxylation is 1. The van der Waals surface area contributed by atoms with E-state index in [2.05, 4.69) is 9.72 Å². The van der Waals surface area contributed by atoms with Crippen molar-refractivity contribution >= 4 is 0 Å². The molecule has 1 aromatic heterocycles. The number of methoxy groups -OCH3 is 1. The van der Waals surface area contributed by atoms with Crippen LogP contribution in [0.1, 0.15) is 32.0 Å². The molecule has 2 nitrogen and oxygen atoms in total. The van der Waals surface area contributed by atoms with Crippen LogP contribution in [-0.4, -0.2) is 12.1 Å². The Hall–Kier alpha value is -1.26. The fourth-order valence-corrected chi connectivity index (χ4v) is 1.11. The monoisotopic (exact) mass is 235 g/mol. The van der Waals surface area contributed by atoms with E-state index in [0.29, 0.717) is 6.42 Å². The van der Waals surface area contributed by atoms with Gasteiger partial charge in [0.15, 0.2) is 5.69 Å². The quantitative estimate of drug-likeness (QED) is 0.779. The Morgan fingerprint density at radius 3 is 2.19 bits per heavy atom. The summed E-state index contributed by atoms with van der Waals surface area (Å²) in [5, 5.41) is 0. The van der Waals surface area contributed by atoms with Gasteiger partial charge in [-0.3, -0.25) is 0 Å². The maximum atomic E-state index is 12.4. The van der Waals surface area contributed by atoms with E-state index in [9.17, 15) is 13.2 Å². The van der Waals surface area contributed by atoms with Gasteiger partial charge in [-0.15, -0.1) is 0 Å². The van der Waals surface area contributed by atoms with Gasteiger partial charge in [-0.2, -0.15) is 13.2 Å². The summed E-state index contributed by atoms with van der Waals surface area (Å²) in [7, 11) is 1.29. The van der Waals surface area contributed by atoms with Gasteiger partial charge in [-0.1, -0.05) is 26.8 Å². The molecule has 16 heavy (non-hydrogen) atoms. The first-order valence-electron chi connectivity index (χ1n) is 5.10. The first-order valence-corrected chi connectivity index (χ1v) is 5.10. The number of rotatable bonds is 2. The molecule has 1 rings (SSSR count). The van der Waals surface area contributed by atoms with Crippen LogP contribution in [0.4, 0.5) is 13.2 Å². The summed E-state index contributed by atoms with van der Waals surface area (Å²) in [6.45, 7) is 5.65. The van der Waals surface area contributed by atoms with Crippen LogP contribution in [0.5, 0.6) is 5.88 Å². The Bertz CT molecular complexity index is 323. The zero-order valence-corrected chi connectivity index (χ0v) is 9.85. The van der Waals surface area contributed by atoms with Crippen molar-refractivity contribution in [2.24, 2.45) is 0 Å². The Balaban J connectivity index is 0.00000106. The van der Waals surface area contributed by atoms with Gasteiger partial charge in [-0.25, -0.2) is 4.98 Å². The van der Waals surface area contributed by atoms with E-state index in [4.69, 9.17) is 0 Å². The first-order chi connectivity index (χ1) is 7.49. The molecule has 0 spiro atoms. The molecule has 92 valence electrons. The highest BCUT2D eigenvalue weighted by molar-refractivity contribution is 5.27. The highest BCUT2D eigenvalue weighted by atomic mass is 19.4. The van der Waals surface area contributed by atoms with Crippen LogP contribution < -0.4 is 4.74 Å². The summed E-state index contributed by atoms with van der Waals surface area (Å²) in [5.74, 6) is -0.0190. The number of nitrogens with zero attached hydrogens (tertiary/aromatic N) is 1. The lowest BCUT2D eigenvalue weighted by Crippen LogP contribution is -2.12. The summed E-state index contributed by atoms with van der Waals surface area (Å²) >= 11 is 0. The lowest BCUT2D eigenvalue weighted by Gasteiger charge is -2.11. The number of aromatic nitrogens is 1. The largest absolute Gasteiger partial charge is 0.481 e. The van der Waals surface area contributed by atoms with Gasteiger partial charge in [0.1, 0.15) is 0 Å². The second-order valence-corrected chi connectivity index (χ2v) is 2.71. The molecular weight excluding hydrogens is 219 g/mol. The maximum absolute atomic E-state index is 12.4. The molecule has 0 unspecified atom stereocenters. The molecule has 0 radical (unpaired) electrons. The highest BCUT2D eigenvalue weighted by Gasteiger charge is 2.35. The molecule has 1 aromatic rings. The zero-order valence-electron chi connectivity index (χ0n) is 9.85. The van der Waals surface area contributed by atoms with E-state index in [0.717, 1.165) is 0 Å². The van der Waals surface area contributed by atoms with Crippen LogP contribution >= 0.6 is 0 Å². The Morgan fingerprint density at radius 2 is 1.81 bits per heavy atom. The third-order valence-electron chi connectivity index (χ3n) is 1.81. The molecular formula is C11H16F3NO. The van der Waals surface area contributed by atoms with Crippen LogP contribution in [0, 0.1) is 0 Å². The number of alkyl halides is 3. The number of hydrogen-bond acceptors (Lipinski definition) is 2. The molecule has 5 heteroatoms. The lowest BCUT2D eigenvalue weighted by molar-refractivity contribution is -0.142. The predicted molar refractivity (Wildman–Crippen MR) is 56.5 cm³/mol. The molecule has 0 saturated heterocycles. The topological polar surface area (TPSA) is 22.1 Å². The second kappa shape index (κ2) is 6.35. The fraction of sp³-hybridized carbons (Fsp3) is 0.545. The molecule has 0 aliphatic heterocycles. The van der Waals surface area contributed by atoms with E-state index in [1.807, 2.05) is 13.8 Å². The fourth-order valence-electron chi connectivity index (χ4n) is 1.11. The minimum atomic E-state index is -4.42. The van der Waals surface area contributed by atoms with Crippen LogP contribution in [0.3, 0.4) is 0 Å². The third-order valence-corrected chi connectivity index (χ3v) is 1.81. The normalized spacial score (nSPS) is 10.4. The summed E-state index contributed by atoms with van der Waals surface area (Å²) in [4.78, 5) is 3.39. The van der Waals surface area contributed by atoms with Crippen LogP contribution in [0.2, 0.25) is 0 Å². The van der Waals surface area contributed by atoms with E-state index in [-0.39, 0.29) is 11.4 Å². The van der Waals surface area contributed by atoms with E-state index >= 15 is 0 Å². The van der Waals surface area contributed by atoms with E-state index in [1.54, 1.807) is 6.92 Å². The molecule has 0 N–H and O–H groups in total. The Kier molecular flexibility index (Phi) is 5.85. The third kappa shape index (κ3) is 3.72. The van der Waals surface area contributed by atoms with Crippen molar-refractivity contribution in [2.75, 3.05) is 7.11 Å². The Morgan fingerprint density at radius 1 is 1.25 bits per heavy atom. The number of pyridine rings is 1. The smallest absolute Gasteiger partial charge is 0.433 e. The molecule has 0 atom stereocenters.